The number of morpholine rings is 1. The van der Waals surface area contributed by atoms with E-state index in [1.165, 1.54) is 22.6 Å². The quantitative estimate of drug-likeness (QED) is 0.282. The number of alkyl halides is 6. The number of amidine groups is 1. The minimum Gasteiger partial charge on any atom is -0.379 e. The first kappa shape index (κ1) is 29.1. The van der Waals surface area contributed by atoms with Crippen LogP contribution in [0.3, 0.4) is 0 Å². The van der Waals surface area contributed by atoms with Gasteiger partial charge in [0, 0.05) is 38.6 Å². The van der Waals surface area contributed by atoms with Crippen LogP contribution in [-0.4, -0.2) is 77.1 Å². The number of rotatable bonds is 6. The Labute approximate surface area is 235 Å². The first-order valence-electron chi connectivity index (χ1n) is 12.7. The van der Waals surface area contributed by atoms with Gasteiger partial charge in [-0.1, -0.05) is 12.1 Å². The Bertz CT molecular complexity index is 1510. The third kappa shape index (κ3) is 6.76. The second-order valence-electron chi connectivity index (χ2n) is 9.67. The maximum absolute atomic E-state index is 13.6. The van der Waals surface area contributed by atoms with E-state index >= 15 is 0 Å². The van der Waals surface area contributed by atoms with Crippen molar-refractivity contribution in [3.63, 3.8) is 0 Å². The number of ether oxygens (including phenoxy) is 1. The number of benzene rings is 2. The Morgan fingerprint density at radius 2 is 1.80 bits per heavy atom. The van der Waals surface area contributed by atoms with Gasteiger partial charge in [-0.05, 0) is 53.2 Å². The molecule has 2 aromatic carbocycles. The SMILES string of the molecule is CN(CCN1CCOCC1)C1=NC(=O)/C(=C/c2ccc3c(cnn3Cc3ccc(C(F)(F)F)cc3C(F)(F)F)c2)S1. The highest BCUT2D eigenvalue weighted by Crippen LogP contribution is 2.38. The first-order chi connectivity index (χ1) is 19.4. The molecule has 3 heterocycles. The normalized spacial score (nSPS) is 18.0. The summed E-state index contributed by atoms with van der Waals surface area (Å²) < 4.78 is 86.5. The zero-order valence-corrected chi connectivity index (χ0v) is 22.6. The minimum absolute atomic E-state index is 0.123. The number of aliphatic imine (C=N–C) groups is 1. The number of aromatic nitrogens is 2. The number of carbonyl (C=O) groups is 1. The van der Waals surface area contributed by atoms with Crippen LogP contribution in [0.5, 0.6) is 0 Å². The average Bonchev–Trinajstić information content (AvgIpc) is 3.49. The summed E-state index contributed by atoms with van der Waals surface area (Å²) in [6.45, 7) is 4.29. The van der Waals surface area contributed by atoms with E-state index < -0.39 is 23.5 Å². The molecule has 41 heavy (non-hydrogen) atoms. The number of hydrogen-bond donors (Lipinski definition) is 0. The Hall–Kier alpha value is -3.36. The number of halogens is 6. The Morgan fingerprint density at radius 3 is 2.51 bits per heavy atom. The summed E-state index contributed by atoms with van der Waals surface area (Å²) in [5.74, 6) is -0.360. The van der Waals surface area contributed by atoms with Crippen LogP contribution in [0.4, 0.5) is 26.3 Å². The van der Waals surface area contributed by atoms with Crippen LogP contribution in [0.1, 0.15) is 22.3 Å². The molecule has 3 aromatic rings. The van der Waals surface area contributed by atoms with E-state index in [4.69, 9.17) is 4.74 Å². The molecule has 0 atom stereocenters. The fraction of sp³-hybridized carbons (Fsp3) is 0.370. The summed E-state index contributed by atoms with van der Waals surface area (Å²) >= 11 is 1.26. The highest BCUT2D eigenvalue weighted by molar-refractivity contribution is 8.18. The maximum Gasteiger partial charge on any atom is 0.416 e. The van der Waals surface area contributed by atoms with E-state index in [-0.39, 0.29) is 24.1 Å². The zero-order valence-electron chi connectivity index (χ0n) is 21.8. The van der Waals surface area contributed by atoms with E-state index in [0.29, 0.717) is 52.4 Å². The smallest absolute Gasteiger partial charge is 0.379 e. The standard InChI is InChI=1S/C27H25F6N5O2S/c1-36(6-7-37-8-10-40-11-9-37)25-35-24(39)23(41-25)13-17-2-5-22-19(12-17)15-34-38(22)16-18-3-4-20(26(28,29)30)14-21(18)27(31,32)33/h2-5,12-15H,6-11,16H2,1H3/b23-13-. The fourth-order valence-corrected chi connectivity index (χ4v) is 5.46. The van der Waals surface area contributed by atoms with Crippen LogP contribution in [0.2, 0.25) is 0 Å². The lowest BCUT2D eigenvalue weighted by Crippen LogP contribution is -2.41. The van der Waals surface area contributed by atoms with Gasteiger partial charge in [-0.2, -0.15) is 36.4 Å². The summed E-state index contributed by atoms with van der Waals surface area (Å²) in [6, 6.07) is 6.66. The molecule has 2 aliphatic rings. The summed E-state index contributed by atoms with van der Waals surface area (Å²) in [5.41, 5.74) is -1.90. The van der Waals surface area contributed by atoms with Gasteiger partial charge in [-0.3, -0.25) is 14.4 Å². The molecule has 0 spiro atoms. The van der Waals surface area contributed by atoms with Gasteiger partial charge >= 0.3 is 12.4 Å². The highest BCUT2D eigenvalue weighted by atomic mass is 32.2. The molecule has 218 valence electrons. The molecule has 14 heteroatoms. The number of nitrogens with zero attached hydrogens (tertiary/aromatic N) is 5. The average molecular weight is 598 g/mol. The molecule has 0 N–H and O–H groups in total. The van der Waals surface area contributed by atoms with E-state index in [1.807, 2.05) is 11.9 Å². The molecule has 0 unspecified atom stereocenters. The van der Waals surface area contributed by atoms with Gasteiger partial charge in [0.15, 0.2) is 5.17 Å². The van der Waals surface area contributed by atoms with Crippen LogP contribution in [-0.2, 0) is 28.4 Å². The largest absolute Gasteiger partial charge is 0.416 e. The van der Waals surface area contributed by atoms with Crippen molar-refractivity contribution in [1.82, 2.24) is 19.6 Å². The van der Waals surface area contributed by atoms with E-state index in [1.54, 1.807) is 24.3 Å². The van der Waals surface area contributed by atoms with E-state index in [9.17, 15) is 31.1 Å². The molecule has 0 radical (unpaired) electrons. The zero-order chi connectivity index (χ0) is 29.4. The second kappa shape index (κ2) is 11.5. The van der Waals surface area contributed by atoms with Crippen LogP contribution in [0, 0.1) is 0 Å². The van der Waals surface area contributed by atoms with Gasteiger partial charge in [0.25, 0.3) is 5.91 Å². The molecule has 7 nitrogen and oxygen atoms in total. The molecule has 1 amide bonds. The number of amides is 1. The number of hydrogen-bond acceptors (Lipinski definition) is 6. The van der Waals surface area contributed by atoms with Crippen molar-refractivity contribution in [2.75, 3.05) is 46.4 Å². The minimum atomic E-state index is -4.97. The van der Waals surface area contributed by atoms with Crippen LogP contribution in [0.15, 0.2) is 52.5 Å². The van der Waals surface area contributed by atoms with Crippen molar-refractivity contribution in [3.05, 3.63) is 69.8 Å². The predicted molar refractivity (Wildman–Crippen MR) is 143 cm³/mol. The topological polar surface area (TPSA) is 63.0 Å². The number of thioether (sulfide) groups is 1. The van der Waals surface area contributed by atoms with Gasteiger partial charge in [0.05, 0.1) is 47.5 Å². The lowest BCUT2D eigenvalue weighted by molar-refractivity contribution is -0.143. The van der Waals surface area contributed by atoms with Gasteiger partial charge in [-0.15, -0.1) is 0 Å². The molecule has 1 saturated heterocycles. The van der Waals surface area contributed by atoms with E-state index in [2.05, 4.69) is 15.0 Å². The van der Waals surface area contributed by atoms with E-state index in [0.717, 1.165) is 25.7 Å². The van der Waals surface area contributed by atoms with Crippen molar-refractivity contribution in [3.8, 4) is 0 Å². The van der Waals surface area contributed by atoms with Gasteiger partial charge in [-0.25, -0.2) is 0 Å². The van der Waals surface area contributed by atoms with Gasteiger partial charge in [0.2, 0.25) is 0 Å². The van der Waals surface area contributed by atoms with Crippen molar-refractivity contribution in [1.29, 1.82) is 0 Å². The summed E-state index contributed by atoms with van der Waals surface area (Å²) in [4.78, 5) is 21.4. The van der Waals surface area contributed by atoms with Crippen LogP contribution in [0.25, 0.3) is 17.0 Å². The number of carbonyl (C=O) groups excluding carboxylic acids is 1. The fourth-order valence-electron chi connectivity index (χ4n) is 4.56. The molecule has 1 aromatic heterocycles. The van der Waals surface area contributed by atoms with Crippen molar-refractivity contribution in [2.45, 2.75) is 18.9 Å². The molecule has 0 aliphatic carbocycles. The lowest BCUT2D eigenvalue weighted by atomic mass is 10.0. The number of likely N-dealkylation sites (N-methyl/N-ethyl adjacent to an activating group) is 1. The van der Waals surface area contributed by atoms with Crippen molar-refractivity contribution >= 4 is 39.8 Å². The lowest BCUT2D eigenvalue weighted by Gasteiger charge is -2.28. The number of fused-ring (bicyclic) bond motifs is 1. The predicted octanol–water partition coefficient (Wildman–Crippen LogP) is 5.36. The van der Waals surface area contributed by atoms with Crippen molar-refractivity contribution in [2.24, 2.45) is 4.99 Å². The molecule has 2 aliphatic heterocycles. The molecule has 0 bridgehead atoms. The van der Waals surface area contributed by atoms with Crippen LogP contribution < -0.4 is 0 Å². The first-order valence-corrected chi connectivity index (χ1v) is 13.5. The molecular weight excluding hydrogens is 572 g/mol. The summed E-state index contributed by atoms with van der Waals surface area (Å²) in [5, 5.41) is 5.35. The molecule has 5 rings (SSSR count). The monoisotopic (exact) mass is 597 g/mol. The summed E-state index contributed by atoms with van der Waals surface area (Å²) in [6.07, 6.45) is -6.72. The Kier molecular flexibility index (Phi) is 8.17. The maximum atomic E-state index is 13.6. The molecular formula is C27H25F6N5O2S. The molecule has 1 fully saturated rings. The van der Waals surface area contributed by atoms with Crippen LogP contribution >= 0.6 is 11.8 Å². The Balaban J connectivity index is 1.30. The third-order valence-corrected chi connectivity index (χ3v) is 7.92. The Morgan fingerprint density at radius 1 is 1.05 bits per heavy atom. The van der Waals surface area contributed by atoms with Gasteiger partial charge < -0.3 is 9.64 Å². The second-order valence-corrected chi connectivity index (χ2v) is 10.7. The summed E-state index contributed by atoms with van der Waals surface area (Å²) in [7, 11) is 1.88. The highest BCUT2D eigenvalue weighted by Gasteiger charge is 2.38. The molecule has 0 saturated carbocycles. The van der Waals surface area contributed by atoms with Gasteiger partial charge in [0.1, 0.15) is 0 Å². The van der Waals surface area contributed by atoms with Crippen molar-refractivity contribution < 1.29 is 35.9 Å². The third-order valence-electron chi connectivity index (χ3n) is 6.82.